The smallest absolute Gasteiger partial charge is 0.434 e. The second-order valence-electron chi connectivity index (χ2n) is 5.66. The monoisotopic (exact) mass is 359 g/mol. The van der Waals surface area contributed by atoms with E-state index in [-0.39, 0.29) is 18.3 Å². The van der Waals surface area contributed by atoms with Crippen molar-refractivity contribution < 1.29 is 9.15 Å². The Morgan fingerprint density at radius 1 is 1.35 bits per heavy atom. The highest BCUT2D eigenvalue weighted by Gasteiger charge is 2.19. The number of hydrogen-bond donors (Lipinski definition) is 2. The van der Waals surface area contributed by atoms with E-state index in [0.29, 0.717) is 34.9 Å². The minimum atomic E-state index is -0.592. The number of benzene rings is 1. The zero-order chi connectivity index (χ0) is 15.5. The van der Waals surface area contributed by atoms with Gasteiger partial charge in [0.25, 0.3) is 0 Å². The normalized spacial score (nSPS) is 20.8. The number of H-pyrrole nitrogens is 1. The van der Waals surface area contributed by atoms with Crippen molar-refractivity contribution >= 4 is 24.0 Å². The molecule has 126 valence electrons. The van der Waals surface area contributed by atoms with Crippen LogP contribution in [0, 0.1) is 5.92 Å². The summed E-state index contributed by atoms with van der Waals surface area (Å²) in [5.41, 5.74) is 6.55. The van der Waals surface area contributed by atoms with Crippen LogP contribution in [0.15, 0.2) is 27.4 Å². The van der Waals surface area contributed by atoms with Gasteiger partial charge in [-0.1, -0.05) is 11.6 Å². The lowest BCUT2D eigenvalue weighted by Gasteiger charge is -2.26. The van der Waals surface area contributed by atoms with Gasteiger partial charge in [0.1, 0.15) is 5.75 Å². The number of nitrogens with zero attached hydrogens (tertiary/aromatic N) is 1. The van der Waals surface area contributed by atoms with Crippen molar-refractivity contribution in [3.63, 3.8) is 0 Å². The van der Waals surface area contributed by atoms with Gasteiger partial charge in [-0.3, -0.25) is 0 Å². The summed E-state index contributed by atoms with van der Waals surface area (Å²) >= 11 is 6.16. The van der Waals surface area contributed by atoms with Gasteiger partial charge in [0.15, 0.2) is 0 Å². The zero-order valence-electron chi connectivity index (χ0n) is 12.5. The summed E-state index contributed by atoms with van der Waals surface area (Å²) in [5.74, 6) is 0.698. The van der Waals surface area contributed by atoms with Crippen molar-refractivity contribution in [2.75, 3.05) is 6.61 Å². The van der Waals surface area contributed by atoms with Crippen LogP contribution >= 0.6 is 24.0 Å². The maximum Gasteiger partial charge on any atom is 0.434 e. The van der Waals surface area contributed by atoms with E-state index >= 15 is 0 Å². The summed E-state index contributed by atoms with van der Waals surface area (Å²) < 4.78 is 10.8. The largest absolute Gasteiger partial charge is 0.492 e. The van der Waals surface area contributed by atoms with Gasteiger partial charge >= 0.3 is 5.76 Å². The minimum absolute atomic E-state index is 0. The van der Waals surface area contributed by atoms with Crippen LogP contribution in [0.25, 0.3) is 11.5 Å². The molecule has 1 fully saturated rings. The number of aromatic nitrogens is 2. The molecule has 0 aliphatic heterocycles. The summed E-state index contributed by atoms with van der Waals surface area (Å²) in [6, 6.07) is 5.49. The van der Waals surface area contributed by atoms with Gasteiger partial charge < -0.3 is 14.9 Å². The molecular weight excluding hydrogens is 341 g/mol. The van der Waals surface area contributed by atoms with Crippen LogP contribution in [0.1, 0.15) is 25.7 Å². The van der Waals surface area contributed by atoms with Crippen molar-refractivity contribution in [3.8, 4) is 17.2 Å². The Hall–Kier alpha value is -1.50. The van der Waals surface area contributed by atoms with E-state index in [9.17, 15) is 4.79 Å². The van der Waals surface area contributed by atoms with E-state index in [0.717, 1.165) is 25.7 Å². The van der Waals surface area contributed by atoms with Crippen molar-refractivity contribution in [2.45, 2.75) is 31.7 Å². The molecule has 8 heteroatoms. The highest BCUT2D eigenvalue weighted by molar-refractivity contribution is 6.32. The fourth-order valence-electron chi connectivity index (χ4n) is 2.66. The second-order valence-corrected chi connectivity index (χ2v) is 6.06. The number of nitrogens with two attached hydrogens (primary N) is 1. The molecule has 1 heterocycles. The Morgan fingerprint density at radius 2 is 2.09 bits per heavy atom. The summed E-state index contributed by atoms with van der Waals surface area (Å²) in [4.78, 5) is 11.0. The molecule has 1 aliphatic rings. The van der Waals surface area contributed by atoms with Crippen LogP contribution in [-0.4, -0.2) is 22.8 Å². The molecule has 3 rings (SSSR count). The fraction of sp³-hybridized carbons (Fsp3) is 0.467. The van der Waals surface area contributed by atoms with E-state index in [1.807, 2.05) is 0 Å². The molecule has 2 aromatic rings. The molecule has 3 N–H and O–H groups in total. The molecule has 0 spiro atoms. The van der Waals surface area contributed by atoms with Gasteiger partial charge in [-0.15, -0.1) is 17.5 Å². The molecule has 0 saturated heterocycles. The van der Waals surface area contributed by atoms with Crippen molar-refractivity contribution in [3.05, 3.63) is 33.8 Å². The highest BCUT2D eigenvalue weighted by Crippen LogP contribution is 2.31. The number of hydrogen-bond acceptors (Lipinski definition) is 5. The topological polar surface area (TPSA) is 94.1 Å². The first-order valence-electron chi connectivity index (χ1n) is 7.35. The van der Waals surface area contributed by atoms with Gasteiger partial charge in [0.2, 0.25) is 5.89 Å². The van der Waals surface area contributed by atoms with E-state index in [1.165, 1.54) is 0 Å². The third-order valence-corrected chi connectivity index (χ3v) is 4.29. The minimum Gasteiger partial charge on any atom is -0.492 e. The van der Waals surface area contributed by atoms with Crippen LogP contribution in [0.2, 0.25) is 5.02 Å². The van der Waals surface area contributed by atoms with Crippen molar-refractivity contribution in [2.24, 2.45) is 11.7 Å². The summed E-state index contributed by atoms with van der Waals surface area (Å²) in [5, 5.41) is 6.55. The van der Waals surface area contributed by atoms with E-state index in [1.54, 1.807) is 18.2 Å². The Bertz CT molecular complexity index is 693. The van der Waals surface area contributed by atoms with Crippen LogP contribution in [0.5, 0.6) is 5.75 Å². The lowest BCUT2D eigenvalue weighted by molar-refractivity contribution is 0.200. The lowest BCUT2D eigenvalue weighted by atomic mass is 9.87. The van der Waals surface area contributed by atoms with Gasteiger partial charge in [0.05, 0.1) is 11.6 Å². The standard InChI is InChI=1S/C15H18ClN3O3.ClH/c16-12-6-3-10(14-18-19-15(20)22-14)7-13(12)21-8-9-1-4-11(17)5-2-9;/h3,6-7,9,11H,1-2,4-5,8,17H2,(H,19,20);1H/t9-,11-;. The summed E-state index contributed by atoms with van der Waals surface area (Å²) in [7, 11) is 0. The molecular formula is C15H19Cl2N3O3. The molecule has 6 nitrogen and oxygen atoms in total. The summed E-state index contributed by atoms with van der Waals surface area (Å²) in [6.07, 6.45) is 4.24. The first-order valence-corrected chi connectivity index (χ1v) is 7.73. The molecule has 1 aromatic heterocycles. The van der Waals surface area contributed by atoms with E-state index in [4.69, 9.17) is 26.5 Å². The number of rotatable bonds is 4. The van der Waals surface area contributed by atoms with Gasteiger partial charge in [-0.2, -0.15) is 0 Å². The van der Waals surface area contributed by atoms with Crippen LogP contribution in [0.3, 0.4) is 0 Å². The Kier molecular flexibility index (Phi) is 6.10. The molecule has 0 amide bonds. The predicted molar refractivity (Wildman–Crippen MR) is 90.2 cm³/mol. The fourth-order valence-corrected chi connectivity index (χ4v) is 2.83. The maximum absolute atomic E-state index is 11.0. The van der Waals surface area contributed by atoms with Gasteiger partial charge in [-0.05, 0) is 49.8 Å². The third kappa shape index (κ3) is 4.50. The number of aromatic amines is 1. The zero-order valence-corrected chi connectivity index (χ0v) is 14.0. The average Bonchev–Trinajstić information content (AvgIpc) is 2.95. The van der Waals surface area contributed by atoms with Crippen LogP contribution < -0.4 is 16.2 Å². The molecule has 0 atom stereocenters. The molecule has 23 heavy (non-hydrogen) atoms. The first-order chi connectivity index (χ1) is 10.6. The number of ether oxygens (including phenoxy) is 1. The Balaban J connectivity index is 0.00000192. The average molecular weight is 360 g/mol. The molecule has 0 radical (unpaired) electrons. The van der Waals surface area contributed by atoms with Crippen LogP contribution in [0.4, 0.5) is 0 Å². The highest BCUT2D eigenvalue weighted by atomic mass is 35.5. The van der Waals surface area contributed by atoms with Gasteiger partial charge in [-0.25, -0.2) is 9.89 Å². The molecule has 1 saturated carbocycles. The molecule has 0 bridgehead atoms. The van der Waals surface area contributed by atoms with Crippen LogP contribution in [-0.2, 0) is 0 Å². The van der Waals surface area contributed by atoms with Gasteiger partial charge in [0, 0.05) is 11.6 Å². The summed E-state index contributed by atoms with van der Waals surface area (Å²) in [6.45, 7) is 0.612. The molecule has 1 aromatic carbocycles. The molecule has 1 aliphatic carbocycles. The van der Waals surface area contributed by atoms with E-state index in [2.05, 4.69) is 10.2 Å². The quantitative estimate of drug-likeness (QED) is 0.874. The van der Waals surface area contributed by atoms with Crippen molar-refractivity contribution in [1.29, 1.82) is 0 Å². The Labute approximate surface area is 144 Å². The maximum atomic E-state index is 11.0. The number of halogens is 2. The lowest BCUT2D eigenvalue weighted by Crippen LogP contribution is -2.28. The SMILES string of the molecule is Cl.N[C@H]1CC[C@H](COc2cc(-c3n[nH]c(=O)o3)ccc2Cl)CC1. The molecule has 0 unspecified atom stereocenters. The second kappa shape index (κ2) is 7.86. The van der Waals surface area contributed by atoms with E-state index < -0.39 is 5.76 Å². The first kappa shape index (κ1) is 17.8. The predicted octanol–water partition coefficient (Wildman–Crippen LogP) is 3.00. The third-order valence-electron chi connectivity index (χ3n) is 3.98. The van der Waals surface area contributed by atoms with Crippen molar-refractivity contribution in [1.82, 2.24) is 10.2 Å². The Morgan fingerprint density at radius 3 is 2.74 bits per heavy atom. The number of nitrogens with one attached hydrogen (secondary N) is 1.